The molecule has 210 valence electrons. The summed E-state index contributed by atoms with van der Waals surface area (Å²) in [4.78, 5) is 37.9. The smallest absolute Gasteiger partial charge is 0.406 e. The lowest BCUT2D eigenvalue weighted by molar-refractivity contribution is -0.149. The summed E-state index contributed by atoms with van der Waals surface area (Å²) in [5, 5.41) is 13.1. The summed E-state index contributed by atoms with van der Waals surface area (Å²) in [5.74, 6) is -0.700. The molecule has 1 aromatic heterocycles. The molecule has 0 spiro atoms. The van der Waals surface area contributed by atoms with Gasteiger partial charge in [0, 0.05) is 12.3 Å². The molecule has 14 heteroatoms. The Labute approximate surface area is 218 Å². The van der Waals surface area contributed by atoms with Crippen molar-refractivity contribution in [3.05, 3.63) is 68.5 Å². The van der Waals surface area contributed by atoms with Crippen LogP contribution in [0.3, 0.4) is 0 Å². The number of halogens is 1. The number of alkyl halides is 1. The first-order valence-electron chi connectivity index (χ1n) is 12.0. The van der Waals surface area contributed by atoms with E-state index in [1.807, 2.05) is 24.0 Å². The predicted octanol–water partition coefficient (Wildman–Crippen LogP) is 2.10. The molecule has 3 N–H and O–H groups in total. The van der Waals surface area contributed by atoms with E-state index in [1.54, 1.807) is 26.0 Å². The van der Waals surface area contributed by atoms with Gasteiger partial charge in [0.2, 0.25) is 0 Å². The van der Waals surface area contributed by atoms with E-state index in [4.69, 9.17) is 18.5 Å². The molecule has 3 rings (SSSR count). The van der Waals surface area contributed by atoms with E-state index in [0.717, 1.165) is 29.3 Å². The molecular weight excluding hydrogens is 524 g/mol. The lowest BCUT2D eigenvalue weighted by Gasteiger charge is -2.25. The van der Waals surface area contributed by atoms with E-state index < -0.39 is 67.8 Å². The van der Waals surface area contributed by atoms with Gasteiger partial charge in [-0.3, -0.25) is 28.2 Å². The van der Waals surface area contributed by atoms with Crippen LogP contribution in [0.5, 0.6) is 0 Å². The van der Waals surface area contributed by atoms with E-state index in [1.165, 1.54) is 6.92 Å². The molecule has 1 fully saturated rings. The Morgan fingerprint density at radius 1 is 1.24 bits per heavy atom. The van der Waals surface area contributed by atoms with Crippen molar-refractivity contribution in [2.75, 3.05) is 6.61 Å². The molecule has 0 amide bonds. The van der Waals surface area contributed by atoms with Gasteiger partial charge in [-0.2, -0.15) is 0 Å². The fourth-order valence-electron chi connectivity index (χ4n) is 3.71. The molecule has 1 aromatic carbocycles. The topological polar surface area (TPSA) is 158 Å². The highest BCUT2D eigenvalue weighted by molar-refractivity contribution is 7.51. The van der Waals surface area contributed by atoms with Crippen molar-refractivity contribution in [1.82, 2.24) is 14.6 Å². The van der Waals surface area contributed by atoms with Crippen molar-refractivity contribution in [2.24, 2.45) is 0 Å². The lowest BCUT2D eigenvalue weighted by Crippen LogP contribution is -2.43. The van der Waals surface area contributed by atoms with Crippen LogP contribution in [-0.4, -0.2) is 57.3 Å². The van der Waals surface area contributed by atoms with Crippen molar-refractivity contribution in [3.8, 4) is 0 Å². The lowest BCUT2D eigenvalue weighted by atomic mass is 9.98. The van der Waals surface area contributed by atoms with E-state index in [-0.39, 0.29) is 6.61 Å². The molecule has 2 aromatic rings. The summed E-state index contributed by atoms with van der Waals surface area (Å²) < 4.78 is 51.7. The Bertz CT molecular complexity index is 1280. The highest BCUT2D eigenvalue weighted by atomic mass is 31.2. The van der Waals surface area contributed by atoms with Gasteiger partial charge in [0.25, 0.3) is 5.56 Å². The molecule has 0 radical (unpaired) electrons. The van der Waals surface area contributed by atoms with Crippen LogP contribution in [0.1, 0.15) is 45.0 Å². The fourth-order valence-corrected chi connectivity index (χ4v) is 5.18. The van der Waals surface area contributed by atoms with Gasteiger partial charge in [-0.05, 0) is 40.2 Å². The van der Waals surface area contributed by atoms with Crippen LogP contribution in [0.4, 0.5) is 4.39 Å². The summed E-state index contributed by atoms with van der Waals surface area (Å²) in [5.41, 5.74) is -2.43. The van der Waals surface area contributed by atoms with Crippen molar-refractivity contribution < 1.29 is 37.4 Å². The summed E-state index contributed by atoms with van der Waals surface area (Å²) in [6.45, 7) is 6.88. The normalized spacial score (nSPS) is 25.7. The van der Waals surface area contributed by atoms with Gasteiger partial charge in [-0.15, -0.1) is 0 Å². The van der Waals surface area contributed by atoms with Gasteiger partial charge in [0.1, 0.15) is 18.2 Å². The van der Waals surface area contributed by atoms with Gasteiger partial charge in [0.15, 0.2) is 11.9 Å². The van der Waals surface area contributed by atoms with Crippen LogP contribution in [0, 0.1) is 6.92 Å². The number of aliphatic hydroxyl groups excluding tert-OH is 1. The summed E-state index contributed by atoms with van der Waals surface area (Å²) in [6, 6.07) is 7.11. The number of ether oxygens (including phenoxy) is 2. The molecule has 12 nitrogen and oxygen atoms in total. The first-order valence-corrected chi connectivity index (χ1v) is 13.5. The van der Waals surface area contributed by atoms with Crippen molar-refractivity contribution in [2.45, 2.75) is 77.5 Å². The number of H-pyrrole nitrogens is 1. The minimum absolute atomic E-state index is 0.152. The van der Waals surface area contributed by atoms with Gasteiger partial charge in [-0.1, -0.05) is 29.8 Å². The number of nitrogens with zero attached hydrogens (tertiary/aromatic N) is 1. The molecule has 0 bridgehead atoms. The standard InChI is InChI=1S/C24H33FN3O9P/c1-14(2)36-21(31)16(4)27-38(33,34-12-17-8-6-15(3)7-9-17)35-13-18-20(30)24(5,25)22(37-18)28-11-10-19(29)26-23(28)32/h6-11,14,16,18,20,22,30H,12-13H2,1-5H3,(H,27,33)(H,26,29,32)/t16-,18+,20+,22+,24+,38?/m0/s1. The van der Waals surface area contributed by atoms with E-state index >= 15 is 4.39 Å². The third-order valence-corrected chi connectivity index (χ3v) is 7.47. The van der Waals surface area contributed by atoms with Gasteiger partial charge in [0.05, 0.1) is 19.3 Å². The Morgan fingerprint density at radius 3 is 2.50 bits per heavy atom. The average Bonchev–Trinajstić information content (AvgIpc) is 3.05. The third-order valence-electron chi connectivity index (χ3n) is 5.81. The third kappa shape index (κ3) is 7.25. The van der Waals surface area contributed by atoms with E-state index in [9.17, 15) is 24.1 Å². The Morgan fingerprint density at radius 2 is 1.89 bits per heavy atom. The molecule has 1 aliphatic heterocycles. The van der Waals surface area contributed by atoms with Crippen LogP contribution < -0.4 is 16.3 Å². The average molecular weight is 558 g/mol. The van der Waals surface area contributed by atoms with Gasteiger partial charge in [-0.25, -0.2) is 18.8 Å². The summed E-state index contributed by atoms with van der Waals surface area (Å²) in [6.07, 6.45) is -4.18. The molecule has 38 heavy (non-hydrogen) atoms. The maximum absolute atomic E-state index is 15.5. The van der Waals surface area contributed by atoms with E-state index in [2.05, 4.69) is 5.09 Å². The number of rotatable bonds is 11. The molecule has 0 aliphatic carbocycles. The second kappa shape index (κ2) is 12.0. The number of aryl methyl sites for hydroxylation is 1. The van der Waals surface area contributed by atoms with Crippen LogP contribution in [-0.2, 0) is 34.5 Å². The van der Waals surface area contributed by atoms with Gasteiger partial charge >= 0.3 is 19.4 Å². The molecule has 2 heterocycles. The Balaban J connectivity index is 1.77. The number of carbonyl (C=O) groups excluding carboxylic acids is 1. The van der Waals surface area contributed by atoms with Crippen molar-refractivity contribution >= 4 is 13.7 Å². The number of nitrogens with one attached hydrogen (secondary N) is 2. The highest BCUT2D eigenvalue weighted by Crippen LogP contribution is 2.48. The highest BCUT2D eigenvalue weighted by Gasteiger charge is 2.55. The second-order valence-electron chi connectivity index (χ2n) is 9.53. The monoisotopic (exact) mass is 557 g/mol. The van der Waals surface area contributed by atoms with Crippen LogP contribution >= 0.6 is 7.75 Å². The van der Waals surface area contributed by atoms with Crippen molar-refractivity contribution in [1.29, 1.82) is 0 Å². The number of aliphatic hydroxyl groups is 1. The molecular formula is C24H33FN3O9P. The summed E-state index contributed by atoms with van der Waals surface area (Å²) >= 11 is 0. The number of hydrogen-bond acceptors (Lipinski definition) is 9. The Hall–Kier alpha value is -2.67. The molecule has 1 aliphatic rings. The zero-order valence-corrected chi connectivity index (χ0v) is 22.6. The quantitative estimate of drug-likeness (QED) is 0.276. The largest absolute Gasteiger partial charge is 0.462 e. The first-order chi connectivity index (χ1) is 17.7. The number of esters is 1. The van der Waals surface area contributed by atoms with Gasteiger partial charge < -0.3 is 14.6 Å². The molecule has 6 atom stereocenters. The number of aromatic amines is 1. The van der Waals surface area contributed by atoms with E-state index in [0.29, 0.717) is 5.56 Å². The van der Waals surface area contributed by atoms with Crippen molar-refractivity contribution in [3.63, 3.8) is 0 Å². The van der Waals surface area contributed by atoms with Crippen LogP contribution in [0.15, 0.2) is 46.1 Å². The van der Waals surface area contributed by atoms with Crippen LogP contribution in [0.25, 0.3) is 0 Å². The molecule has 1 saturated heterocycles. The fraction of sp³-hybridized carbons (Fsp3) is 0.542. The maximum atomic E-state index is 15.5. The SMILES string of the molecule is Cc1ccc(COP(=O)(N[C@@H](C)C(=O)OC(C)C)OC[C@H]2O[C@@H](n3ccc(=O)[nH]c3=O)[C@](C)(F)[C@@H]2O)cc1. The number of hydrogen-bond donors (Lipinski definition) is 3. The van der Waals surface area contributed by atoms with Crippen LogP contribution in [0.2, 0.25) is 0 Å². The summed E-state index contributed by atoms with van der Waals surface area (Å²) in [7, 11) is -4.26. The minimum atomic E-state index is -4.26. The predicted molar refractivity (Wildman–Crippen MR) is 134 cm³/mol. The molecule has 0 saturated carbocycles. The molecule has 1 unspecified atom stereocenters. The Kier molecular flexibility index (Phi) is 9.45. The zero-order chi connectivity index (χ0) is 28.3. The zero-order valence-electron chi connectivity index (χ0n) is 21.8. The number of aromatic nitrogens is 2. The number of benzene rings is 1. The maximum Gasteiger partial charge on any atom is 0.406 e. The number of carbonyl (C=O) groups is 1. The minimum Gasteiger partial charge on any atom is -0.462 e. The first kappa shape index (κ1) is 29.9. The second-order valence-corrected chi connectivity index (χ2v) is 11.3.